The van der Waals surface area contributed by atoms with Crippen LogP contribution in [0.1, 0.15) is 11.1 Å². The molecule has 0 saturated heterocycles. The van der Waals surface area contributed by atoms with Gasteiger partial charge in [0.25, 0.3) is 0 Å². The minimum absolute atomic E-state index is 1.05. The fourth-order valence-corrected chi connectivity index (χ4v) is 3.89. The van der Waals surface area contributed by atoms with Crippen molar-refractivity contribution < 1.29 is 0 Å². The highest BCUT2D eigenvalue weighted by molar-refractivity contribution is 6.12. The van der Waals surface area contributed by atoms with E-state index in [0.717, 1.165) is 6.42 Å². The van der Waals surface area contributed by atoms with Crippen molar-refractivity contribution in [1.29, 1.82) is 0 Å². The third-order valence-electron chi connectivity index (χ3n) is 4.86. The van der Waals surface area contributed by atoms with Gasteiger partial charge < -0.3 is 4.57 Å². The quantitative estimate of drug-likeness (QED) is 0.377. The fraction of sp³-hybridized carbons (Fsp3) is 0.100. The molecule has 1 aromatic heterocycles. The molecule has 0 fully saturated rings. The van der Waals surface area contributed by atoms with Crippen LogP contribution in [0.2, 0.25) is 0 Å². The molecule has 21 heavy (non-hydrogen) atoms. The maximum absolute atomic E-state index is 2.31. The lowest BCUT2D eigenvalue weighted by Gasteiger charge is -2.03. The van der Waals surface area contributed by atoms with Crippen molar-refractivity contribution in [1.82, 2.24) is 4.57 Å². The van der Waals surface area contributed by atoms with Crippen LogP contribution in [0, 0.1) is 0 Å². The summed E-state index contributed by atoms with van der Waals surface area (Å²) in [4.78, 5) is 0. The highest BCUT2D eigenvalue weighted by Gasteiger charge is 2.22. The van der Waals surface area contributed by atoms with E-state index in [4.69, 9.17) is 0 Å². The minimum Gasteiger partial charge on any atom is -0.344 e. The summed E-state index contributed by atoms with van der Waals surface area (Å²) in [6.07, 6.45) is 1.05. The molecule has 0 bridgehead atoms. The zero-order chi connectivity index (χ0) is 14.0. The van der Waals surface area contributed by atoms with Gasteiger partial charge in [-0.25, -0.2) is 0 Å². The van der Waals surface area contributed by atoms with Gasteiger partial charge in [-0.15, -0.1) is 0 Å². The second kappa shape index (κ2) is 3.76. The smallest absolute Gasteiger partial charge is 0.0492 e. The molecule has 1 heterocycles. The summed E-state index contributed by atoms with van der Waals surface area (Å²) in [5.41, 5.74) is 8.41. The van der Waals surface area contributed by atoms with Gasteiger partial charge in [0.1, 0.15) is 0 Å². The summed E-state index contributed by atoms with van der Waals surface area (Å²) in [5, 5.41) is 2.81. The Morgan fingerprint density at radius 2 is 1.57 bits per heavy atom. The summed E-state index contributed by atoms with van der Waals surface area (Å²) in [6.45, 7) is 0. The first-order valence-electron chi connectivity index (χ1n) is 7.42. The van der Waals surface area contributed by atoms with E-state index in [1.54, 1.807) is 0 Å². The fourth-order valence-electron chi connectivity index (χ4n) is 3.89. The van der Waals surface area contributed by atoms with Crippen molar-refractivity contribution in [3.63, 3.8) is 0 Å². The average molecular weight is 269 g/mol. The molecule has 100 valence electrons. The molecule has 1 heteroatoms. The molecule has 1 aliphatic carbocycles. The molecule has 0 aliphatic heterocycles. The summed E-state index contributed by atoms with van der Waals surface area (Å²) < 4.78 is 2.31. The molecule has 1 aliphatic rings. The monoisotopic (exact) mass is 269 g/mol. The standard InChI is InChI=1S/C20H15N/c1-21-18-9-5-4-8-16(18)20-17-12-13-6-2-3-7-14(13)15(17)10-11-19(20)21/h2-11H,12H2,1H3. The van der Waals surface area contributed by atoms with Gasteiger partial charge in [0.05, 0.1) is 0 Å². The molecular weight excluding hydrogens is 254 g/mol. The number of nitrogens with zero attached hydrogens (tertiary/aromatic N) is 1. The van der Waals surface area contributed by atoms with Crippen LogP contribution in [0.3, 0.4) is 0 Å². The Kier molecular flexibility index (Phi) is 2.00. The summed E-state index contributed by atoms with van der Waals surface area (Å²) in [6, 6.07) is 22.1. The number of rotatable bonds is 0. The van der Waals surface area contributed by atoms with Gasteiger partial charge in [0, 0.05) is 28.9 Å². The average Bonchev–Trinajstić information content (AvgIpc) is 3.04. The zero-order valence-corrected chi connectivity index (χ0v) is 11.9. The molecule has 0 spiro atoms. The molecule has 4 aromatic rings. The number of aryl methyl sites for hydroxylation is 1. The number of hydrogen-bond donors (Lipinski definition) is 0. The normalized spacial score (nSPS) is 12.8. The Labute approximate surface area is 123 Å². The number of fused-ring (bicyclic) bond motifs is 7. The third-order valence-corrected chi connectivity index (χ3v) is 4.86. The van der Waals surface area contributed by atoms with Crippen molar-refractivity contribution in [3.8, 4) is 11.1 Å². The van der Waals surface area contributed by atoms with E-state index in [1.165, 1.54) is 44.1 Å². The van der Waals surface area contributed by atoms with Crippen LogP contribution in [-0.4, -0.2) is 4.57 Å². The van der Waals surface area contributed by atoms with Crippen LogP contribution in [0.5, 0.6) is 0 Å². The number of hydrogen-bond acceptors (Lipinski definition) is 0. The lowest BCUT2D eigenvalue weighted by atomic mass is 10.0. The second-order valence-corrected chi connectivity index (χ2v) is 5.90. The van der Waals surface area contributed by atoms with E-state index in [1.807, 2.05) is 0 Å². The Hall–Kier alpha value is -2.54. The first-order valence-corrected chi connectivity index (χ1v) is 7.42. The van der Waals surface area contributed by atoms with Crippen LogP contribution in [0.25, 0.3) is 32.9 Å². The van der Waals surface area contributed by atoms with E-state index in [9.17, 15) is 0 Å². The van der Waals surface area contributed by atoms with Gasteiger partial charge in [-0.3, -0.25) is 0 Å². The van der Waals surface area contributed by atoms with Crippen LogP contribution in [0.15, 0.2) is 60.7 Å². The number of aromatic nitrogens is 1. The molecule has 0 N–H and O–H groups in total. The first kappa shape index (κ1) is 11.2. The number of para-hydroxylation sites is 1. The Bertz CT molecular complexity index is 1020. The summed E-state index contributed by atoms with van der Waals surface area (Å²) in [7, 11) is 2.17. The molecule has 0 amide bonds. The predicted molar refractivity (Wildman–Crippen MR) is 88.7 cm³/mol. The molecule has 0 atom stereocenters. The Morgan fingerprint density at radius 1 is 0.762 bits per heavy atom. The van der Waals surface area contributed by atoms with Gasteiger partial charge in [0.15, 0.2) is 0 Å². The van der Waals surface area contributed by atoms with E-state index >= 15 is 0 Å². The van der Waals surface area contributed by atoms with Crippen LogP contribution < -0.4 is 0 Å². The molecule has 1 nitrogen and oxygen atoms in total. The summed E-state index contributed by atoms with van der Waals surface area (Å²) >= 11 is 0. The van der Waals surface area contributed by atoms with Crippen LogP contribution >= 0.6 is 0 Å². The van der Waals surface area contributed by atoms with Crippen molar-refractivity contribution in [3.05, 3.63) is 71.8 Å². The zero-order valence-electron chi connectivity index (χ0n) is 11.9. The van der Waals surface area contributed by atoms with Gasteiger partial charge in [-0.1, -0.05) is 48.5 Å². The topological polar surface area (TPSA) is 4.93 Å². The van der Waals surface area contributed by atoms with Gasteiger partial charge in [-0.2, -0.15) is 0 Å². The van der Waals surface area contributed by atoms with Gasteiger partial charge in [0.2, 0.25) is 0 Å². The SMILES string of the molecule is Cn1c2ccccc2c2c3c(ccc21)-c1ccccc1C3. The first-order chi connectivity index (χ1) is 10.3. The lowest BCUT2D eigenvalue weighted by Crippen LogP contribution is -1.87. The maximum Gasteiger partial charge on any atom is 0.0492 e. The number of benzene rings is 3. The van der Waals surface area contributed by atoms with Crippen molar-refractivity contribution in [2.75, 3.05) is 0 Å². The molecule has 0 saturated carbocycles. The summed E-state index contributed by atoms with van der Waals surface area (Å²) in [5.74, 6) is 0. The van der Waals surface area contributed by atoms with Crippen LogP contribution in [0.4, 0.5) is 0 Å². The largest absolute Gasteiger partial charge is 0.344 e. The highest BCUT2D eigenvalue weighted by atomic mass is 14.9. The van der Waals surface area contributed by atoms with E-state index < -0.39 is 0 Å². The van der Waals surface area contributed by atoms with Crippen molar-refractivity contribution in [2.24, 2.45) is 7.05 Å². The van der Waals surface area contributed by atoms with Gasteiger partial charge in [-0.05, 0) is 40.8 Å². The predicted octanol–water partition coefficient (Wildman–Crippen LogP) is 4.90. The van der Waals surface area contributed by atoms with Crippen molar-refractivity contribution >= 4 is 21.8 Å². The van der Waals surface area contributed by atoms with Crippen molar-refractivity contribution in [2.45, 2.75) is 6.42 Å². The van der Waals surface area contributed by atoms with E-state index in [2.05, 4.69) is 72.3 Å². The second-order valence-electron chi connectivity index (χ2n) is 5.90. The Balaban J connectivity index is 1.99. The maximum atomic E-state index is 2.31. The minimum atomic E-state index is 1.05. The molecule has 5 rings (SSSR count). The molecule has 0 unspecified atom stereocenters. The van der Waals surface area contributed by atoms with Gasteiger partial charge >= 0.3 is 0 Å². The highest BCUT2D eigenvalue weighted by Crippen LogP contribution is 2.43. The third kappa shape index (κ3) is 1.31. The van der Waals surface area contributed by atoms with E-state index in [0.29, 0.717) is 0 Å². The Morgan fingerprint density at radius 3 is 2.52 bits per heavy atom. The van der Waals surface area contributed by atoms with Crippen LogP contribution in [-0.2, 0) is 13.5 Å². The van der Waals surface area contributed by atoms with E-state index in [-0.39, 0.29) is 0 Å². The lowest BCUT2D eigenvalue weighted by molar-refractivity contribution is 1.01. The molecule has 3 aromatic carbocycles. The molecular formula is C20H15N. The molecule has 0 radical (unpaired) electrons.